The Bertz CT molecular complexity index is 2120. The highest BCUT2D eigenvalue weighted by atomic mass is 16.6. The van der Waals surface area contributed by atoms with E-state index in [1.54, 1.807) is 33.8 Å². The summed E-state index contributed by atoms with van der Waals surface area (Å²) < 4.78 is 29.0. The minimum Gasteiger partial charge on any atom is -0.508 e. The van der Waals surface area contributed by atoms with Crippen LogP contribution < -0.4 is 5.73 Å². The topological polar surface area (TPSA) is 259 Å². The average molecular weight is 778 g/mol. The van der Waals surface area contributed by atoms with Gasteiger partial charge in [0.05, 0.1) is 29.5 Å². The lowest BCUT2D eigenvalue weighted by atomic mass is 9.55. The molecule has 1 heterocycles. The zero-order valence-corrected chi connectivity index (χ0v) is 31.4. The van der Waals surface area contributed by atoms with E-state index in [4.69, 9.17) is 29.4 Å². The number of esters is 2. The first-order valence-corrected chi connectivity index (χ1v) is 17.8. The number of methoxy groups -OCH3 is 2. The van der Waals surface area contributed by atoms with Gasteiger partial charge in [0.15, 0.2) is 17.8 Å². The third-order valence-electron chi connectivity index (χ3n) is 11.7. The molecule has 7 N–H and O–H groups in total. The molecule has 16 heteroatoms. The minimum atomic E-state index is -2.63. The summed E-state index contributed by atoms with van der Waals surface area (Å²) in [4.78, 5) is 67.4. The molecule has 1 saturated heterocycles. The van der Waals surface area contributed by atoms with Gasteiger partial charge in [-0.2, -0.15) is 0 Å². The van der Waals surface area contributed by atoms with Gasteiger partial charge < -0.3 is 55.0 Å². The van der Waals surface area contributed by atoms with Gasteiger partial charge >= 0.3 is 11.9 Å². The summed E-state index contributed by atoms with van der Waals surface area (Å²) in [6.45, 7) is 6.39. The van der Waals surface area contributed by atoms with Gasteiger partial charge in [-0.15, -0.1) is 0 Å². The van der Waals surface area contributed by atoms with E-state index in [9.17, 15) is 49.5 Å². The molecule has 1 amide bonds. The summed E-state index contributed by atoms with van der Waals surface area (Å²) >= 11 is 0. The molecule has 56 heavy (non-hydrogen) atoms. The molecule has 298 valence electrons. The second kappa shape index (κ2) is 14.5. The Morgan fingerprint density at radius 2 is 1.66 bits per heavy atom. The molecule has 9 unspecified atom stereocenters. The first-order chi connectivity index (χ1) is 26.4. The van der Waals surface area contributed by atoms with Crippen molar-refractivity contribution in [3.8, 4) is 11.5 Å². The van der Waals surface area contributed by atoms with Crippen molar-refractivity contribution in [1.82, 2.24) is 0 Å². The number of para-hydroxylation sites is 1. The first-order valence-electron chi connectivity index (χ1n) is 17.8. The molecule has 0 radical (unpaired) electrons. The Kier molecular flexibility index (Phi) is 10.4. The number of phenols is 2. The molecule has 16 nitrogen and oxygen atoms in total. The van der Waals surface area contributed by atoms with Crippen LogP contribution in [0.15, 0.2) is 65.0 Å². The van der Waals surface area contributed by atoms with Crippen LogP contribution in [0.4, 0.5) is 0 Å². The van der Waals surface area contributed by atoms with Gasteiger partial charge in [0.2, 0.25) is 11.6 Å². The van der Waals surface area contributed by atoms with E-state index in [1.807, 2.05) is 0 Å². The second-order valence-electron chi connectivity index (χ2n) is 14.4. The molecular formula is C40H43NO15. The van der Waals surface area contributed by atoms with Crippen molar-refractivity contribution in [2.24, 2.45) is 17.6 Å². The summed E-state index contributed by atoms with van der Waals surface area (Å²) in [5.41, 5.74) is -0.104. The summed E-state index contributed by atoms with van der Waals surface area (Å²) in [6, 6.07) is 8.34. The predicted octanol–water partition coefficient (Wildman–Crippen LogP) is 3.03. The van der Waals surface area contributed by atoms with Crippen molar-refractivity contribution in [1.29, 1.82) is 0 Å². The number of allylic oxidation sites excluding steroid dienone is 1. The second-order valence-corrected chi connectivity index (χ2v) is 14.4. The summed E-state index contributed by atoms with van der Waals surface area (Å²) in [5.74, 6) is -11.3. The van der Waals surface area contributed by atoms with Crippen LogP contribution in [-0.4, -0.2) is 99.2 Å². The maximum Gasteiger partial charge on any atom is 0.342 e. The highest BCUT2D eigenvalue weighted by Gasteiger charge is 2.68. The van der Waals surface area contributed by atoms with Crippen LogP contribution in [0.5, 0.6) is 11.5 Å². The van der Waals surface area contributed by atoms with Gasteiger partial charge in [0, 0.05) is 49.2 Å². The summed E-state index contributed by atoms with van der Waals surface area (Å²) in [5, 5.41) is 56.9. The Morgan fingerprint density at radius 3 is 2.25 bits per heavy atom. The quantitative estimate of drug-likeness (QED) is 0.128. The van der Waals surface area contributed by atoms with Crippen molar-refractivity contribution in [3.63, 3.8) is 0 Å². The predicted molar refractivity (Wildman–Crippen MR) is 193 cm³/mol. The molecule has 2 aromatic carbocycles. The van der Waals surface area contributed by atoms with Crippen LogP contribution in [0.1, 0.15) is 73.7 Å². The fourth-order valence-electron chi connectivity index (χ4n) is 8.49. The fraction of sp³-hybridized carbons (Fsp3) is 0.425. The number of benzene rings is 2. The number of amides is 1. The molecule has 9 atom stereocenters. The maximum atomic E-state index is 15.0. The number of aliphatic hydroxyl groups excluding tert-OH is 3. The smallest absolute Gasteiger partial charge is 0.342 e. The third kappa shape index (κ3) is 5.86. The zero-order valence-electron chi connectivity index (χ0n) is 31.4. The van der Waals surface area contributed by atoms with Crippen molar-refractivity contribution < 1.29 is 73.2 Å². The molecule has 4 aliphatic rings. The van der Waals surface area contributed by atoms with Gasteiger partial charge in [-0.1, -0.05) is 30.3 Å². The lowest BCUT2D eigenvalue weighted by molar-refractivity contribution is -0.191. The van der Waals surface area contributed by atoms with Crippen molar-refractivity contribution >= 4 is 35.2 Å². The van der Waals surface area contributed by atoms with E-state index in [-0.39, 0.29) is 35.1 Å². The highest BCUT2D eigenvalue weighted by Crippen LogP contribution is 2.60. The number of fused-ring (bicyclic) bond motifs is 3. The summed E-state index contributed by atoms with van der Waals surface area (Å²) in [7, 11) is 2.33. The summed E-state index contributed by atoms with van der Waals surface area (Å²) in [6.07, 6.45) is -4.99. The normalized spacial score (nSPS) is 31.6. The molecule has 3 aliphatic carbocycles. The number of rotatable bonds is 8. The van der Waals surface area contributed by atoms with Gasteiger partial charge in [-0.05, 0) is 51.8 Å². The molecule has 1 aliphatic heterocycles. The van der Waals surface area contributed by atoms with Crippen LogP contribution in [0.25, 0.3) is 5.76 Å². The number of nitrogens with two attached hydrogens (primary N) is 1. The Morgan fingerprint density at radius 1 is 0.982 bits per heavy atom. The van der Waals surface area contributed by atoms with Crippen LogP contribution in [0, 0.1) is 11.8 Å². The van der Waals surface area contributed by atoms with Gasteiger partial charge in [-0.3, -0.25) is 14.4 Å². The Labute approximate surface area is 320 Å². The van der Waals surface area contributed by atoms with Crippen molar-refractivity contribution in [2.45, 2.75) is 82.3 Å². The van der Waals surface area contributed by atoms with Crippen LogP contribution in [0.3, 0.4) is 0 Å². The van der Waals surface area contributed by atoms with Gasteiger partial charge in [-0.25, -0.2) is 9.59 Å². The zero-order chi connectivity index (χ0) is 41.2. The number of primary amides is 1. The van der Waals surface area contributed by atoms with Crippen LogP contribution in [-0.2, 0) is 48.5 Å². The number of hydrogen-bond donors (Lipinski definition) is 6. The number of hydrogen-bond acceptors (Lipinski definition) is 15. The molecular weight excluding hydrogens is 734 g/mol. The van der Waals surface area contributed by atoms with E-state index in [1.165, 1.54) is 43.5 Å². The molecule has 1 saturated carbocycles. The Hall–Kier alpha value is -5.55. The third-order valence-corrected chi connectivity index (χ3v) is 11.7. The SMILES string of the molecule is CC=C(C)C(=O)OC1C(O)CC(c2ccc3c(c2O)C(O)=C2C(=O)C4(OC)C(O)=C(C(N)=O)C(=O)C(OC(=O)c5ccccc5O)C4CC2C3(C)OC)OC1C. The number of carbonyl (C=O) groups excluding carboxylic acids is 5. The fourth-order valence-corrected chi connectivity index (χ4v) is 8.49. The number of aliphatic hydroxyl groups is 3. The van der Waals surface area contributed by atoms with Gasteiger partial charge in [0.25, 0.3) is 5.91 Å². The number of ether oxygens (including phenoxy) is 5. The molecule has 6 rings (SSSR count). The standard InChI is InChI=1S/C40H43NO15/c1-7-16(2)37(50)55-32-17(3)54-25(15-24(32)43)19-12-13-20-26(29(19)44)30(45)27-21(39(20,4)52-5)14-22-33(56-38(51)18-10-8-9-11-23(18)42)31(46)28(36(41)49)35(48)40(22,53-6)34(27)47/h7-13,17,21-22,24-25,32-33,42-45,48H,14-15H2,1-6H3,(H2,41,49). The van der Waals surface area contributed by atoms with Crippen LogP contribution in [0.2, 0.25) is 0 Å². The molecule has 0 bridgehead atoms. The monoisotopic (exact) mass is 777 g/mol. The number of Topliss-reactive ketones (excluding diaryl/α,β-unsaturated/α-hetero) is 2. The average Bonchev–Trinajstić information content (AvgIpc) is 3.16. The van der Waals surface area contributed by atoms with E-state index < -0.39 is 117 Å². The largest absolute Gasteiger partial charge is 0.508 e. The molecule has 0 spiro atoms. The lowest BCUT2D eigenvalue weighted by Gasteiger charge is -2.53. The number of ketones is 2. The maximum absolute atomic E-state index is 15.0. The van der Waals surface area contributed by atoms with Crippen molar-refractivity contribution in [3.05, 3.63) is 87.2 Å². The molecule has 2 fully saturated rings. The first kappa shape index (κ1) is 40.1. The van der Waals surface area contributed by atoms with Crippen LogP contribution >= 0.6 is 0 Å². The van der Waals surface area contributed by atoms with E-state index in [0.717, 1.165) is 7.11 Å². The number of phenolic OH excluding ortho intramolecular Hbond substituents is 2. The van der Waals surface area contributed by atoms with E-state index in [2.05, 4.69) is 0 Å². The van der Waals surface area contributed by atoms with Crippen molar-refractivity contribution in [2.75, 3.05) is 14.2 Å². The molecule has 2 aromatic rings. The lowest BCUT2D eigenvalue weighted by Crippen LogP contribution is -2.66. The van der Waals surface area contributed by atoms with E-state index >= 15 is 0 Å². The number of aromatic hydroxyl groups is 2. The number of carbonyl (C=O) groups is 5. The minimum absolute atomic E-state index is 0.105. The highest BCUT2D eigenvalue weighted by molar-refractivity contribution is 6.24. The molecule has 0 aromatic heterocycles. The van der Waals surface area contributed by atoms with E-state index in [0.29, 0.717) is 5.57 Å². The van der Waals surface area contributed by atoms with Gasteiger partial charge in [0.1, 0.15) is 34.2 Å². The Balaban J connectivity index is 1.47.